The first-order valence-corrected chi connectivity index (χ1v) is 12.8. The van der Waals surface area contributed by atoms with Gasteiger partial charge in [0.1, 0.15) is 5.01 Å². The summed E-state index contributed by atoms with van der Waals surface area (Å²) < 4.78 is 28.4. The number of hydrogen-bond donors (Lipinski definition) is 1. The third-order valence-electron chi connectivity index (χ3n) is 5.64. The van der Waals surface area contributed by atoms with E-state index in [1.54, 1.807) is 47.8 Å². The number of thiazole rings is 1. The molecule has 2 heterocycles. The number of fused-ring (bicyclic) bond motifs is 1. The van der Waals surface area contributed by atoms with Crippen molar-refractivity contribution >= 4 is 43.6 Å². The van der Waals surface area contributed by atoms with Gasteiger partial charge >= 0.3 is 0 Å². The van der Waals surface area contributed by atoms with Gasteiger partial charge in [0.25, 0.3) is 0 Å². The maximum Gasteiger partial charge on any atom is 0.247 e. The first kappa shape index (κ1) is 20.4. The molecule has 2 aromatic carbocycles. The van der Waals surface area contributed by atoms with Crippen molar-refractivity contribution in [2.75, 3.05) is 6.54 Å². The van der Waals surface area contributed by atoms with Crippen molar-refractivity contribution in [1.82, 2.24) is 14.6 Å². The molecule has 160 valence electrons. The zero-order valence-electron chi connectivity index (χ0n) is 16.9. The van der Waals surface area contributed by atoms with Gasteiger partial charge in [0.2, 0.25) is 15.9 Å². The van der Waals surface area contributed by atoms with Crippen LogP contribution in [0.4, 0.5) is 0 Å². The van der Waals surface area contributed by atoms with Gasteiger partial charge in [-0.2, -0.15) is 0 Å². The second-order valence-corrected chi connectivity index (χ2v) is 10.8. The van der Waals surface area contributed by atoms with Crippen molar-refractivity contribution in [3.05, 3.63) is 65.2 Å². The fourth-order valence-electron chi connectivity index (χ4n) is 3.83. The number of rotatable bonds is 6. The molecule has 1 saturated carbocycles. The Labute approximate surface area is 185 Å². The first-order chi connectivity index (χ1) is 15.0. The molecule has 3 aromatic rings. The Balaban J connectivity index is 1.28. The average Bonchev–Trinajstić information content (AvgIpc) is 3.27. The Morgan fingerprint density at radius 2 is 1.87 bits per heavy atom. The van der Waals surface area contributed by atoms with E-state index in [4.69, 9.17) is 4.98 Å². The van der Waals surface area contributed by atoms with Crippen LogP contribution < -0.4 is 4.72 Å². The van der Waals surface area contributed by atoms with Crippen molar-refractivity contribution in [2.45, 2.75) is 42.7 Å². The molecule has 1 aliphatic heterocycles. The highest BCUT2D eigenvalue weighted by atomic mass is 32.2. The number of nitrogens with one attached hydrogen (secondary N) is 1. The molecule has 6 nitrogen and oxygen atoms in total. The van der Waals surface area contributed by atoms with E-state index in [1.165, 1.54) is 0 Å². The van der Waals surface area contributed by atoms with Gasteiger partial charge in [-0.1, -0.05) is 24.3 Å². The molecule has 0 bridgehead atoms. The third kappa shape index (κ3) is 4.42. The van der Waals surface area contributed by atoms with Crippen molar-refractivity contribution in [3.8, 4) is 0 Å². The minimum Gasteiger partial charge on any atom is -0.330 e. The standard InChI is InChI=1S/C23H23N3O3S2/c27-22(14-9-16-7-12-18(13-8-16)31(28,29)25-17-10-11-17)26-15-3-5-20(26)23-24-19-4-1-2-6-21(19)30-23/h1-2,4,6-9,12-14,17,20,25H,3,5,10-11,15H2/b14-9+. The second kappa shape index (κ2) is 8.18. The van der Waals surface area contributed by atoms with Crippen molar-refractivity contribution in [2.24, 2.45) is 0 Å². The second-order valence-electron chi connectivity index (χ2n) is 8.01. The quantitative estimate of drug-likeness (QED) is 0.570. The van der Waals surface area contributed by atoms with Crippen LogP contribution in [0.1, 0.15) is 42.3 Å². The molecule has 1 amide bonds. The van der Waals surface area contributed by atoms with Crippen LogP contribution in [0.15, 0.2) is 59.5 Å². The molecule has 1 saturated heterocycles. The lowest BCUT2D eigenvalue weighted by Gasteiger charge is -2.21. The van der Waals surface area contributed by atoms with Crippen LogP contribution in [0, 0.1) is 0 Å². The summed E-state index contributed by atoms with van der Waals surface area (Å²) in [4.78, 5) is 19.8. The van der Waals surface area contributed by atoms with E-state index in [0.29, 0.717) is 6.54 Å². The number of nitrogens with zero attached hydrogens (tertiary/aromatic N) is 2. The van der Waals surface area contributed by atoms with Crippen LogP contribution in [0.2, 0.25) is 0 Å². The molecule has 2 aliphatic rings. The van der Waals surface area contributed by atoms with E-state index in [0.717, 1.165) is 46.5 Å². The summed E-state index contributed by atoms with van der Waals surface area (Å²) in [5.74, 6) is -0.0474. The molecule has 1 aliphatic carbocycles. The van der Waals surface area contributed by atoms with Gasteiger partial charge in [0.05, 0.1) is 21.2 Å². The van der Waals surface area contributed by atoms with Crippen molar-refractivity contribution in [3.63, 3.8) is 0 Å². The lowest BCUT2D eigenvalue weighted by molar-refractivity contribution is -0.126. The Kier molecular flexibility index (Phi) is 5.37. The molecule has 1 atom stereocenters. The van der Waals surface area contributed by atoms with Gasteiger partial charge in [0.15, 0.2) is 0 Å². The van der Waals surface area contributed by atoms with Crippen LogP contribution in [0.5, 0.6) is 0 Å². The number of carbonyl (C=O) groups excluding carboxylic acids is 1. The average molecular weight is 454 g/mol. The predicted molar refractivity (Wildman–Crippen MR) is 122 cm³/mol. The molecule has 31 heavy (non-hydrogen) atoms. The van der Waals surface area contributed by atoms with Crippen LogP contribution in [0.3, 0.4) is 0 Å². The number of para-hydroxylation sites is 1. The van der Waals surface area contributed by atoms with E-state index < -0.39 is 10.0 Å². The molecule has 2 fully saturated rings. The first-order valence-electron chi connectivity index (χ1n) is 10.5. The third-order valence-corrected chi connectivity index (χ3v) is 8.31. The fraction of sp³-hybridized carbons (Fsp3) is 0.304. The molecule has 1 N–H and O–H groups in total. The number of amides is 1. The van der Waals surface area contributed by atoms with Gasteiger partial charge in [-0.3, -0.25) is 4.79 Å². The minimum atomic E-state index is -3.46. The molecular weight excluding hydrogens is 430 g/mol. The minimum absolute atomic E-state index is 0.00978. The number of hydrogen-bond acceptors (Lipinski definition) is 5. The summed E-state index contributed by atoms with van der Waals surface area (Å²) in [6.45, 7) is 0.716. The van der Waals surface area contributed by atoms with Crippen molar-refractivity contribution < 1.29 is 13.2 Å². The topological polar surface area (TPSA) is 79.4 Å². The maximum absolute atomic E-state index is 12.9. The zero-order chi connectivity index (χ0) is 21.4. The van der Waals surface area contributed by atoms with Gasteiger partial charge in [0, 0.05) is 18.7 Å². The predicted octanol–water partition coefficient (Wildman–Crippen LogP) is 4.11. The summed E-state index contributed by atoms with van der Waals surface area (Å²) in [7, 11) is -3.46. The summed E-state index contributed by atoms with van der Waals surface area (Å²) in [6, 6.07) is 14.7. The molecule has 5 rings (SSSR count). The molecular formula is C23H23N3O3S2. The summed E-state index contributed by atoms with van der Waals surface area (Å²) in [5, 5.41) is 0.984. The monoisotopic (exact) mass is 453 g/mol. The lowest BCUT2D eigenvalue weighted by atomic mass is 10.2. The zero-order valence-corrected chi connectivity index (χ0v) is 18.5. The molecule has 8 heteroatoms. The summed E-state index contributed by atoms with van der Waals surface area (Å²) in [5.41, 5.74) is 1.76. The number of sulfonamides is 1. The lowest BCUT2D eigenvalue weighted by Crippen LogP contribution is -2.28. The van der Waals surface area contributed by atoms with Crippen LogP contribution >= 0.6 is 11.3 Å². The summed E-state index contributed by atoms with van der Waals surface area (Å²) in [6.07, 6.45) is 6.98. The molecule has 0 radical (unpaired) electrons. The van der Waals surface area contributed by atoms with Gasteiger partial charge in [-0.15, -0.1) is 11.3 Å². The number of likely N-dealkylation sites (tertiary alicyclic amines) is 1. The molecule has 1 unspecified atom stereocenters. The molecule has 0 spiro atoms. The Morgan fingerprint density at radius 1 is 1.10 bits per heavy atom. The van der Waals surface area contributed by atoms with Crippen LogP contribution in [-0.4, -0.2) is 36.8 Å². The molecule has 1 aromatic heterocycles. The fourth-order valence-corrected chi connectivity index (χ4v) is 6.25. The van der Waals surface area contributed by atoms with Crippen LogP contribution in [-0.2, 0) is 14.8 Å². The highest BCUT2D eigenvalue weighted by Crippen LogP contribution is 2.36. The van der Waals surface area contributed by atoms with Gasteiger partial charge in [-0.25, -0.2) is 18.1 Å². The van der Waals surface area contributed by atoms with Crippen LogP contribution in [0.25, 0.3) is 16.3 Å². The van der Waals surface area contributed by atoms with E-state index in [1.807, 2.05) is 23.1 Å². The number of carbonyl (C=O) groups is 1. The Hall–Kier alpha value is -2.55. The van der Waals surface area contributed by atoms with E-state index in [9.17, 15) is 13.2 Å². The highest BCUT2D eigenvalue weighted by Gasteiger charge is 2.31. The van der Waals surface area contributed by atoms with Gasteiger partial charge < -0.3 is 4.90 Å². The normalized spacial score (nSPS) is 19.5. The largest absolute Gasteiger partial charge is 0.330 e. The Morgan fingerprint density at radius 3 is 2.61 bits per heavy atom. The van der Waals surface area contributed by atoms with Crippen molar-refractivity contribution in [1.29, 1.82) is 0 Å². The highest BCUT2D eigenvalue weighted by molar-refractivity contribution is 7.89. The number of benzene rings is 2. The maximum atomic E-state index is 12.9. The summed E-state index contributed by atoms with van der Waals surface area (Å²) >= 11 is 1.65. The smallest absolute Gasteiger partial charge is 0.247 e. The van der Waals surface area contributed by atoms with E-state index in [2.05, 4.69) is 10.8 Å². The van der Waals surface area contributed by atoms with E-state index >= 15 is 0 Å². The Bertz CT molecular complexity index is 1210. The van der Waals surface area contributed by atoms with Gasteiger partial charge in [-0.05, 0) is 61.6 Å². The SMILES string of the molecule is O=C(/C=C/c1ccc(S(=O)(=O)NC2CC2)cc1)N1CCCC1c1nc2ccccc2s1. The number of aromatic nitrogens is 1. The van der Waals surface area contributed by atoms with E-state index in [-0.39, 0.29) is 22.9 Å².